The van der Waals surface area contributed by atoms with Crippen LogP contribution in [0.1, 0.15) is 18.1 Å². The Bertz CT molecular complexity index is 840. The normalized spacial score (nSPS) is 28.3. The largest absolute Gasteiger partial charge is 0.468 e. The summed E-state index contributed by atoms with van der Waals surface area (Å²) in [5.74, 6) is -1.61. The highest BCUT2D eigenvalue weighted by Crippen LogP contribution is 2.46. The van der Waals surface area contributed by atoms with Crippen molar-refractivity contribution in [1.82, 2.24) is 10.3 Å². The molecule has 26 heavy (non-hydrogen) atoms. The van der Waals surface area contributed by atoms with Crippen LogP contribution in [0.15, 0.2) is 54.9 Å². The zero-order valence-corrected chi connectivity index (χ0v) is 15.1. The standard InChI is InChI=1S/C19H19ClFN3O2/c1-18(22)16(17(25)26-2)11-15(12-7-9-23-10-8-12)19(20,24-18)13-3-5-14(21)6-4-13/h3-11,16,24H,22H2,1-2H3. The second kappa shape index (κ2) is 6.79. The lowest BCUT2D eigenvalue weighted by atomic mass is 9.80. The molecule has 3 N–H and O–H groups in total. The van der Waals surface area contributed by atoms with Gasteiger partial charge in [-0.15, -0.1) is 0 Å². The summed E-state index contributed by atoms with van der Waals surface area (Å²) in [6.45, 7) is 1.66. The summed E-state index contributed by atoms with van der Waals surface area (Å²) in [4.78, 5) is 15.0. The molecule has 0 fully saturated rings. The molecule has 1 aromatic carbocycles. The fourth-order valence-corrected chi connectivity index (χ4v) is 3.65. The molecule has 0 amide bonds. The molecule has 7 heteroatoms. The van der Waals surface area contributed by atoms with Crippen molar-refractivity contribution < 1.29 is 13.9 Å². The second-order valence-corrected chi connectivity index (χ2v) is 6.96. The van der Waals surface area contributed by atoms with Gasteiger partial charge in [-0.2, -0.15) is 0 Å². The number of rotatable bonds is 3. The van der Waals surface area contributed by atoms with E-state index in [1.165, 1.54) is 19.2 Å². The van der Waals surface area contributed by atoms with Gasteiger partial charge in [0.05, 0.1) is 12.8 Å². The van der Waals surface area contributed by atoms with Crippen LogP contribution in [-0.2, 0) is 14.5 Å². The minimum Gasteiger partial charge on any atom is -0.468 e. The fraction of sp³-hybridized carbons (Fsp3) is 0.263. The molecule has 136 valence electrons. The summed E-state index contributed by atoms with van der Waals surface area (Å²) in [5, 5.41) is 3.15. The van der Waals surface area contributed by atoms with Crippen molar-refractivity contribution in [2.45, 2.75) is 17.6 Å². The molecular weight excluding hydrogens is 357 g/mol. The van der Waals surface area contributed by atoms with Gasteiger partial charge in [-0.25, -0.2) is 4.39 Å². The van der Waals surface area contributed by atoms with Gasteiger partial charge in [-0.3, -0.25) is 15.1 Å². The van der Waals surface area contributed by atoms with Crippen LogP contribution >= 0.6 is 11.6 Å². The Morgan fingerprint density at radius 1 is 1.27 bits per heavy atom. The van der Waals surface area contributed by atoms with Crippen LogP contribution in [0.5, 0.6) is 0 Å². The maximum absolute atomic E-state index is 13.4. The van der Waals surface area contributed by atoms with E-state index in [0.29, 0.717) is 11.1 Å². The summed E-state index contributed by atoms with van der Waals surface area (Å²) in [6, 6.07) is 9.37. The van der Waals surface area contributed by atoms with Crippen LogP contribution in [0.25, 0.3) is 5.57 Å². The van der Waals surface area contributed by atoms with Gasteiger partial charge in [-0.1, -0.05) is 29.8 Å². The lowest BCUT2D eigenvalue weighted by Crippen LogP contribution is -2.66. The number of ether oxygens (including phenoxy) is 1. The number of nitrogens with two attached hydrogens (primary N) is 1. The molecule has 0 aliphatic carbocycles. The minimum atomic E-state index is -1.26. The van der Waals surface area contributed by atoms with Gasteiger partial charge in [0.2, 0.25) is 0 Å². The molecule has 0 bridgehead atoms. The molecule has 1 aliphatic rings. The number of esters is 1. The monoisotopic (exact) mass is 375 g/mol. The van der Waals surface area contributed by atoms with E-state index in [1.807, 2.05) is 0 Å². The van der Waals surface area contributed by atoms with Crippen molar-refractivity contribution in [3.63, 3.8) is 0 Å². The van der Waals surface area contributed by atoms with Gasteiger partial charge < -0.3 is 10.5 Å². The molecule has 3 unspecified atom stereocenters. The van der Waals surface area contributed by atoms with Crippen LogP contribution < -0.4 is 11.1 Å². The van der Waals surface area contributed by atoms with E-state index in [-0.39, 0.29) is 5.82 Å². The van der Waals surface area contributed by atoms with Crippen molar-refractivity contribution in [1.29, 1.82) is 0 Å². The van der Waals surface area contributed by atoms with E-state index in [9.17, 15) is 9.18 Å². The Kier molecular flexibility index (Phi) is 4.84. The third-order valence-corrected chi connectivity index (χ3v) is 5.00. The molecule has 3 rings (SSSR count). The summed E-state index contributed by atoms with van der Waals surface area (Å²) >= 11 is 7.00. The molecular formula is C19H19ClFN3O2. The zero-order valence-electron chi connectivity index (χ0n) is 14.4. The molecule has 0 spiro atoms. The Morgan fingerprint density at radius 2 is 1.88 bits per heavy atom. The highest BCUT2D eigenvalue weighted by atomic mass is 35.5. The highest BCUT2D eigenvalue weighted by Gasteiger charge is 2.49. The van der Waals surface area contributed by atoms with E-state index in [4.69, 9.17) is 22.1 Å². The molecule has 2 aromatic rings. The lowest BCUT2D eigenvalue weighted by Gasteiger charge is -2.46. The van der Waals surface area contributed by atoms with Gasteiger partial charge in [-0.05, 0) is 47.9 Å². The van der Waals surface area contributed by atoms with Crippen LogP contribution in [-0.4, -0.2) is 23.7 Å². The number of benzene rings is 1. The number of hydrogen-bond acceptors (Lipinski definition) is 5. The molecule has 1 aromatic heterocycles. The van der Waals surface area contributed by atoms with E-state index in [1.54, 1.807) is 49.7 Å². The first-order valence-electron chi connectivity index (χ1n) is 8.01. The number of pyridine rings is 1. The first kappa shape index (κ1) is 18.5. The van der Waals surface area contributed by atoms with Crippen LogP contribution in [0.2, 0.25) is 0 Å². The molecule has 0 saturated heterocycles. The van der Waals surface area contributed by atoms with Crippen LogP contribution in [0, 0.1) is 11.7 Å². The number of carbonyl (C=O) groups is 1. The number of carbonyl (C=O) groups excluding carboxylic acids is 1. The Hall–Kier alpha value is -2.28. The van der Waals surface area contributed by atoms with Crippen LogP contribution in [0.3, 0.4) is 0 Å². The summed E-state index contributed by atoms with van der Waals surface area (Å²) in [5.41, 5.74) is 7.15. The lowest BCUT2D eigenvalue weighted by molar-refractivity contribution is -0.146. The van der Waals surface area contributed by atoms with Crippen molar-refractivity contribution in [2.24, 2.45) is 11.7 Å². The zero-order chi connectivity index (χ0) is 18.9. The maximum Gasteiger partial charge on any atom is 0.315 e. The average Bonchev–Trinajstić information content (AvgIpc) is 2.61. The molecule has 0 radical (unpaired) electrons. The molecule has 1 aliphatic heterocycles. The number of alkyl halides is 1. The topological polar surface area (TPSA) is 77.2 Å². The maximum atomic E-state index is 13.4. The van der Waals surface area contributed by atoms with Gasteiger partial charge in [0.25, 0.3) is 0 Å². The number of nitrogens with one attached hydrogen (secondary N) is 1. The molecule has 0 saturated carbocycles. The number of halogens is 2. The Morgan fingerprint density at radius 3 is 2.46 bits per heavy atom. The first-order chi connectivity index (χ1) is 12.3. The third-order valence-electron chi connectivity index (χ3n) is 4.48. The van der Waals surface area contributed by atoms with E-state index < -0.39 is 22.5 Å². The highest BCUT2D eigenvalue weighted by molar-refractivity contribution is 6.30. The summed E-state index contributed by atoms with van der Waals surface area (Å²) < 4.78 is 18.3. The summed E-state index contributed by atoms with van der Waals surface area (Å²) in [7, 11) is 1.31. The predicted octanol–water partition coefficient (Wildman–Crippen LogP) is 2.76. The fourth-order valence-electron chi connectivity index (χ4n) is 3.14. The predicted molar refractivity (Wildman–Crippen MR) is 97.4 cm³/mol. The Balaban J connectivity index is 2.21. The Labute approximate surface area is 156 Å². The van der Waals surface area contributed by atoms with Crippen LogP contribution in [0.4, 0.5) is 4.39 Å². The van der Waals surface area contributed by atoms with Gasteiger partial charge in [0, 0.05) is 12.4 Å². The number of hydrogen-bond donors (Lipinski definition) is 2. The third kappa shape index (κ3) is 3.23. The number of nitrogens with zero attached hydrogens (tertiary/aromatic N) is 1. The molecule has 3 atom stereocenters. The minimum absolute atomic E-state index is 0.373. The summed E-state index contributed by atoms with van der Waals surface area (Å²) in [6.07, 6.45) is 4.96. The smallest absolute Gasteiger partial charge is 0.315 e. The quantitative estimate of drug-likeness (QED) is 0.490. The molecule has 5 nitrogen and oxygen atoms in total. The van der Waals surface area contributed by atoms with Crippen molar-refractivity contribution in [2.75, 3.05) is 7.11 Å². The SMILES string of the molecule is COC(=O)C1C=C(c2ccncc2)C(Cl)(c2ccc(F)cc2)NC1(C)N. The van der Waals surface area contributed by atoms with E-state index in [0.717, 1.165) is 5.56 Å². The molecule has 2 heterocycles. The van der Waals surface area contributed by atoms with E-state index in [2.05, 4.69) is 10.3 Å². The second-order valence-electron chi connectivity index (χ2n) is 6.39. The van der Waals surface area contributed by atoms with Crippen molar-refractivity contribution in [3.8, 4) is 0 Å². The van der Waals surface area contributed by atoms with E-state index >= 15 is 0 Å². The van der Waals surface area contributed by atoms with Gasteiger partial charge in [0.1, 0.15) is 16.7 Å². The van der Waals surface area contributed by atoms with Gasteiger partial charge in [0.15, 0.2) is 0 Å². The number of methoxy groups -OCH3 is 1. The van der Waals surface area contributed by atoms with Crippen molar-refractivity contribution in [3.05, 3.63) is 71.8 Å². The number of aromatic nitrogens is 1. The average molecular weight is 376 g/mol. The van der Waals surface area contributed by atoms with Gasteiger partial charge >= 0.3 is 5.97 Å². The van der Waals surface area contributed by atoms with Crippen molar-refractivity contribution >= 4 is 23.1 Å². The first-order valence-corrected chi connectivity index (χ1v) is 8.39.